The summed E-state index contributed by atoms with van der Waals surface area (Å²) in [5, 5.41) is 14.8. The van der Waals surface area contributed by atoms with Gasteiger partial charge in [-0.05, 0) is 48.1 Å². The van der Waals surface area contributed by atoms with Crippen LogP contribution in [0.15, 0.2) is 54.6 Å². The van der Waals surface area contributed by atoms with Crippen LogP contribution >= 0.6 is 0 Å². The average Bonchev–Trinajstić information content (AvgIpc) is 3.18. The third kappa shape index (κ3) is 3.42. The van der Waals surface area contributed by atoms with Gasteiger partial charge in [0.15, 0.2) is 0 Å². The first-order chi connectivity index (χ1) is 13.2. The first-order valence-electron chi connectivity index (χ1n) is 9.61. The number of ether oxygens (including phenoxy) is 1. The number of non-ortho nitro benzene ring substituents is 1. The average molecular weight is 364 g/mol. The minimum Gasteiger partial charge on any atom is -0.494 e. The van der Waals surface area contributed by atoms with Crippen molar-refractivity contribution in [3.63, 3.8) is 0 Å². The highest BCUT2D eigenvalue weighted by atomic mass is 16.6. The molecule has 0 aromatic heterocycles. The van der Waals surface area contributed by atoms with Crippen LogP contribution in [-0.4, -0.2) is 11.5 Å². The van der Waals surface area contributed by atoms with E-state index in [9.17, 15) is 10.1 Å². The highest BCUT2D eigenvalue weighted by Crippen LogP contribution is 2.50. The second-order valence-corrected chi connectivity index (χ2v) is 7.28. The number of unbranched alkanes of at least 4 members (excludes halogenated alkanes) is 1. The van der Waals surface area contributed by atoms with E-state index in [1.165, 1.54) is 5.56 Å². The van der Waals surface area contributed by atoms with Crippen LogP contribution in [0, 0.1) is 16.0 Å². The van der Waals surface area contributed by atoms with E-state index in [-0.39, 0.29) is 16.7 Å². The molecule has 0 amide bonds. The lowest BCUT2D eigenvalue weighted by Gasteiger charge is -2.37. The summed E-state index contributed by atoms with van der Waals surface area (Å²) < 4.78 is 5.89. The summed E-state index contributed by atoms with van der Waals surface area (Å²) in [7, 11) is 0. The second-order valence-electron chi connectivity index (χ2n) is 7.28. The molecule has 3 atom stereocenters. The van der Waals surface area contributed by atoms with Crippen LogP contribution in [0.4, 0.5) is 11.4 Å². The number of nitro benzene ring substituents is 1. The summed E-state index contributed by atoms with van der Waals surface area (Å²) in [4.78, 5) is 10.8. The Morgan fingerprint density at radius 1 is 1.26 bits per heavy atom. The Kier molecular flexibility index (Phi) is 4.84. The number of fused-ring (bicyclic) bond motifs is 3. The van der Waals surface area contributed by atoms with Crippen LogP contribution in [0.3, 0.4) is 0 Å². The van der Waals surface area contributed by atoms with Crippen molar-refractivity contribution in [2.45, 2.75) is 38.1 Å². The molecule has 5 nitrogen and oxygen atoms in total. The van der Waals surface area contributed by atoms with E-state index in [2.05, 4.69) is 36.5 Å². The molecule has 1 aliphatic heterocycles. The van der Waals surface area contributed by atoms with Gasteiger partial charge in [0.2, 0.25) is 0 Å². The third-order valence-electron chi connectivity index (χ3n) is 5.54. The second kappa shape index (κ2) is 7.43. The normalized spacial score (nSPS) is 22.6. The SMILES string of the molecule is CCCCOc1ccc2c(c1)C1C=CCC1C(c1cccc([N+](=O)[O-])c1)N2. The predicted octanol–water partition coefficient (Wildman–Crippen LogP) is 5.60. The van der Waals surface area contributed by atoms with Crippen LogP contribution in [0.5, 0.6) is 5.75 Å². The quantitative estimate of drug-likeness (QED) is 0.314. The molecule has 0 saturated carbocycles. The summed E-state index contributed by atoms with van der Waals surface area (Å²) in [5.74, 6) is 1.57. The lowest BCUT2D eigenvalue weighted by atomic mass is 9.77. The van der Waals surface area contributed by atoms with Crippen molar-refractivity contribution < 1.29 is 9.66 Å². The van der Waals surface area contributed by atoms with Crippen molar-refractivity contribution in [2.75, 3.05) is 11.9 Å². The van der Waals surface area contributed by atoms with Crippen molar-refractivity contribution in [3.05, 3.63) is 75.9 Å². The molecular weight excluding hydrogens is 340 g/mol. The number of nitro groups is 1. The van der Waals surface area contributed by atoms with E-state index < -0.39 is 0 Å². The molecule has 0 radical (unpaired) electrons. The van der Waals surface area contributed by atoms with E-state index >= 15 is 0 Å². The number of benzene rings is 2. The van der Waals surface area contributed by atoms with Gasteiger partial charge in [-0.15, -0.1) is 0 Å². The summed E-state index contributed by atoms with van der Waals surface area (Å²) in [6.45, 7) is 2.89. The summed E-state index contributed by atoms with van der Waals surface area (Å²) in [6, 6.07) is 13.3. The van der Waals surface area contributed by atoms with Crippen molar-refractivity contribution in [2.24, 2.45) is 5.92 Å². The van der Waals surface area contributed by atoms with E-state index in [4.69, 9.17) is 4.74 Å². The summed E-state index contributed by atoms with van der Waals surface area (Å²) in [5.41, 5.74) is 3.45. The van der Waals surface area contributed by atoms with E-state index in [1.807, 2.05) is 12.1 Å². The van der Waals surface area contributed by atoms with Gasteiger partial charge in [0.1, 0.15) is 5.75 Å². The zero-order chi connectivity index (χ0) is 18.8. The standard InChI is InChI=1S/C22H24N2O3/c1-2-3-12-27-17-10-11-21-20(14-17)18-8-5-9-19(18)22(23-21)15-6-4-7-16(13-15)24(25)26/h4-8,10-11,13-14,18-19,22-23H,2-3,9,12H2,1H3. The maximum Gasteiger partial charge on any atom is 0.269 e. The summed E-state index contributed by atoms with van der Waals surface area (Å²) in [6.07, 6.45) is 7.62. The fourth-order valence-electron chi connectivity index (χ4n) is 4.16. The fourth-order valence-corrected chi connectivity index (χ4v) is 4.16. The van der Waals surface area contributed by atoms with Crippen molar-refractivity contribution in [3.8, 4) is 5.75 Å². The Hall–Kier alpha value is -2.82. The monoisotopic (exact) mass is 364 g/mol. The van der Waals surface area contributed by atoms with E-state index in [0.717, 1.165) is 42.9 Å². The lowest BCUT2D eigenvalue weighted by molar-refractivity contribution is -0.384. The number of nitrogens with zero attached hydrogens (tertiary/aromatic N) is 1. The van der Waals surface area contributed by atoms with Gasteiger partial charge in [-0.1, -0.05) is 37.6 Å². The number of allylic oxidation sites excluding steroid dienone is 2. The smallest absolute Gasteiger partial charge is 0.269 e. The van der Waals surface area contributed by atoms with Gasteiger partial charge < -0.3 is 10.1 Å². The van der Waals surface area contributed by atoms with Crippen LogP contribution in [0.25, 0.3) is 0 Å². The first-order valence-corrected chi connectivity index (χ1v) is 9.61. The van der Waals surface area contributed by atoms with Crippen LogP contribution in [0.1, 0.15) is 49.3 Å². The zero-order valence-electron chi connectivity index (χ0n) is 15.4. The van der Waals surface area contributed by atoms with Gasteiger partial charge in [0.05, 0.1) is 17.6 Å². The number of hydrogen-bond donors (Lipinski definition) is 1. The Labute approximate surface area is 159 Å². The van der Waals surface area contributed by atoms with Gasteiger partial charge in [-0.2, -0.15) is 0 Å². The van der Waals surface area contributed by atoms with Crippen molar-refractivity contribution >= 4 is 11.4 Å². The molecule has 1 aliphatic carbocycles. The predicted molar refractivity (Wildman–Crippen MR) is 106 cm³/mol. The van der Waals surface area contributed by atoms with Gasteiger partial charge in [0, 0.05) is 23.7 Å². The van der Waals surface area contributed by atoms with Crippen LogP contribution in [0.2, 0.25) is 0 Å². The Morgan fingerprint density at radius 2 is 2.15 bits per heavy atom. The number of rotatable bonds is 6. The highest BCUT2D eigenvalue weighted by Gasteiger charge is 2.38. The van der Waals surface area contributed by atoms with Crippen LogP contribution in [-0.2, 0) is 0 Å². The van der Waals surface area contributed by atoms with Gasteiger partial charge in [0.25, 0.3) is 5.69 Å². The Bertz CT molecular complexity index is 878. The molecule has 4 rings (SSSR count). The third-order valence-corrected chi connectivity index (χ3v) is 5.54. The molecule has 0 fully saturated rings. The molecule has 1 N–H and O–H groups in total. The minimum absolute atomic E-state index is 0.0595. The largest absolute Gasteiger partial charge is 0.494 e. The first kappa shape index (κ1) is 17.6. The van der Waals surface area contributed by atoms with Crippen molar-refractivity contribution in [1.29, 1.82) is 0 Å². The fraction of sp³-hybridized carbons (Fsp3) is 0.364. The highest BCUT2D eigenvalue weighted by molar-refractivity contribution is 5.62. The molecule has 2 aromatic carbocycles. The topological polar surface area (TPSA) is 64.4 Å². The maximum absolute atomic E-state index is 11.2. The summed E-state index contributed by atoms with van der Waals surface area (Å²) >= 11 is 0. The molecular formula is C22H24N2O3. The number of nitrogens with one attached hydrogen (secondary N) is 1. The van der Waals surface area contributed by atoms with Crippen LogP contribution < -0.4 is 10.1 Å². The molecule has 0 bridgehead atoms. The molecule has 5 heteroatoms. The van der Waals surface area contributed by atoms with Gasteiger partial charge in [-0.25, -0.2) is 0 Å². The molecule has 3 unspecified atom stereocenters. The molecule has 0 saturated heterocycles. The molecule has 0 spiro atoms. The lowest BCUT2D eigenvalue weighted by Crippen LogP contribution is -2.29. The molecule has 2 aliphatic rings. The zero-order valence-corrected chi connectivity index (χ0v) is 15.4. The molecule has 1 heterocycles. The maximum atomic E-state index is 11.2. The Morgan fingerprint density at radius 3 is 2.96 bits per heavy atom. The molecule has 140 valence electrons. The Balaban J connectivity index is 1.64. The van der Waals surface area contributed by atoms with Crippen molar-refractivity contribution in [1.82, 2.24) is 0 Å². The molecule has 2 aromatic rings. The van der Waals surface area contributed by atoms with E-state index in [1.54, 1.807) is 18.2 Å². The minimum atomic E-state index is -0.329. The van der Waals surface area contributed by atoms with E-state index in [0.29, 0.717) is 11.8 Å². The van der Waals surface area contributed by atoms with Gasteiger partial charge in [-0.3, -0.25) is 10.1 Å². The number of anilines is 1. The number of hydrogen-bond acceptors (Lipinski definition) is 4. The van der Waals surface area contributed by atoms with Gasteiger partial charge >= 0.3 is 0 Å². The molecule has 27 heavy (non-hydrogen) atoms.